The Morgan fingerprint density at radius 3 is 2.59 bits per heavy atom. The molecule has 3 heterocycles. The minimum atomic E-state index is -0.259. The largest absolute Gasteiger partial charge is 0.354 e. The lowest BCUT2D eigenvalue weighted by atomic mass is 9.96. The quantitative estimate of drug-likeness (QED) is 0.746. The van der Waals surface area contributed by atoms with Crippen LogP contribution in [0.3, 0.4) is 0 Å². The van der Waals surface area contributed by atoms with Crippen molar-refractivity contribution in [1.82, 2.24) is 19.9 Å². The molecule has 0 atom stereocenters. The van der Waals surface area contributed by atoms with Crippen molar-refractivity contribution in [2.24, 2.45) is 5.92 Å². The first-order valence-corrected chi connectivity index (χ1v) is 9.99. The van der Waals surface area contributed by atoms with Crippen LogP contribution in [0.4, 0.5) is 9.52 Å². The Hall–Kier alpha value is -2.48. The summed E-state index contributed by atoms with van der Waals surface area (Å²) in [5.41, 5.74) is 1.65. The van der Waals surface area contributed by atoms with Gasteiger partial charge in [0.05, 0.1) is 11.9 Å². The van der Waals surface area contributed by atoms with Crippen molar-refractivity contribution < 1.29 is 9.18 Å². The highest BCUT2D eigenvalue weighted by molar-refractivity contribution is 7.20. The van der Waals surface area contributed by atoms with Gasteiger partial charge in [-0.1, -0.05) is 11.3 Å². The second kappa shape index (κ2) is 7.26. The molecule has 1 saturated heterocycles. The molecule has 1 aliphatic heterocycles. The number of fused-ring (bicyclic) bond motifs is 1. The lowest BCUT2D eigenvalue weighted by molar-refractivity contribution is -0.126. The molecule has 1 amide bonds. The number of aromatic nitrogens is 3. The lowest BCUT2D eigenvalue weighted by Crippen LogP contribution is -2.42. The first-order chi connectivity index (χ1) is 13.0. The average Bonchev–Trinajstić information content (AvgIpc) is 3.21. The van der Waals surface area contributed by atoms with Crippen LogP contribution in [-0.2, 0) is 4.79 Å². The van der Waals surface area contributed by atoms with E-state index < -0.39 is 0 Å². The first-order valence-electron chi connectivity index (χ1n) is 9.17. The Bertz CT molecular complexity index is 909. The number of nitrogens with zero attached hydrogens (tertiary/aromatic N) is 4. The zero-order valence-electron chi connectivity index (χ0n) is 15.4. The molecule has 0 spiro atoms. The van der Waals surface area contributed by atoms with Gasteiger partial charge in [0.2, 0.25) is 16.0 Å². The smallest absolute Gasteiger partial charge is 0.223 e. The van der Waals surface area contributed by atoms with Crippen LogP contribution in [0.15, 0.2) is 30.5 Å². The zero-order valence-corrected chi connectivity index (χ0v) is 16.2. The predicted molar refractivity (Wildman–Crippen MR) is 104 cm³/mol. The Balaban J connectivity index is 1.44. The summed E-state index contributed by atoms with van der Waals surface area (Å²) < 4.78 is 14.9. The molecule has 1 aliphatic rings. The van der Waals surface area contributed by atoms with Crippen molar-refractivity contribution in [3.63, 3.8) is 0 Å². The highest BCUT2D eigenvalue weighted by Gasteiger charge is 2.27. The monoisotopic (exact) mass is 387 g/mol. The normalized spacial score (nSPS) is 15.6. The van der Waals surface area contributed by atoms with Gasteiger partial charge in [-0.15, -0.1) is 5.10 Å². The molecule has 1 N–H and O–H groups in total. The second-order valence-corrected chi connectivity index (χ2v) is 8.10. The molecule has 8 heteroatoms. The summed E-state index contributed by atoms with van der Waals surface area (Å²) in [4.78, 5) is 19.8. The third kappa shape index (κ3) is 3.80. The van der Waals surface area contributed by atoms with Crippen LogP contribution in [0.1, 0.15) is 26.7 Å². The topological polar surface area (TPSA) is 62.5 Å². The Labute approximate surface area is 161 Å². The molecule has 0 unspecified atom stereocenters. The number of amides is 1. The van der Waals surface area contributed by atoms with E-state index >= 15 is 0 Å². The molecule has 27 heavy (non-hydrogen) atoms. The third-order valence-electron chi connectivity index (χ3n) is 4.74. The van der Waals surface area contributed by atoms with Crippen LogP contribution in [0, 0.1) is 11.7 Å². The van der Waals surface area contributed by atoms with E-state index in [-0.39, 0.29) is 23.7 Å². The number of nitrogens with one attached hydrogen (secondary N) is 1. The lowest BCUT2D eigenvalue weighted by Gasteiger charge is -2.31. The number of carbonyl (C=O) groups is 1. The van der Waals surface area contributed by atoms with Gasteiger partial charge in [-0.3, -0.25) is 4.79 Å². The van der Waals surface area contributed by atoms with Crippen molar-refractivity contribution in [3.8, 4) is 11.3 Å². The highest BCUT2D eigenvalue weighted by Crippen LogP contribution is 2.29. The van der Waals surface area contributed by atoms with Crippen molar-refractivity contribution in [3.05, 3.63) is 36.3 Å². The van der Waals surface area contributed by atoms with E-state index in [9.17, 15) is 9.18 Å². The standard InChI is InChI=1S/C19H22FN5OS/c1-12(2)21-17(26)14-7-9-24(10-8-14)19-23-25-11-16(22-18(25)27-19)13-3-5-15(20)6-4-13/h3-6,11-12,14H,7-10H2,1-2H3,(H,21,26). The van der Waals surface area contributed by atoms with Gasteiger partial charge in [0.25, 0.3) is 0 Å². The molecule has 6 nitrogen and oxygen atoms in total. The fourth-order valence-electron chi connectivity index (χ4n) is 3.31. The number of piperidine rings is 1. The summed E-state index contributed by atoms with van der Waals surface area (Å²) in [6.45, 7) is 5.60. The number of halogens is 1. The van der Waals surface area contributed by atoms with Crippen LogP contribution >= 0.6 is 11.3 Å². The van der Waals surface area contributed by atoms with Gasteiger partial charge in [-0.2, -0.15) is 0 Å². The van der Waals surface area contributed by atoms with Crippen molar-refractivity contribution >= 4 is 27.3 Å². The maximum Gasteiger partial charge on any atom is 0.223 e. The summed E-state index contributed by atoms with van der Waals surface area (Å²) in [5.74, 6) is -0.0223. The number of hydrogen-bond donors (Lipinski definition) is 1. The zero-order chi connectivity index (χ0) is 19.0. The van der Waals surface area contributed by atoms with Gasteiger partial charge >= 0.3 is 0 Å². The Kier molecular flexibility index (Phi) is 4.82. The first kappa shape index (κ1) is 17.9. The highest BCUT2D eigenvalue weighted by atomic mass is 32.1. The van der Waals surface area contributed by atoms with E-state index in [0.29, 0.717) is 0 Å². The van der Waals surface area contributed by atoms with Crippen LogP contribution in [-0.4, -0.2) is 39.6 Å². The van der Waals surface area contributed by atoms with E-state index in [1.807, 2.05) is 20.0 Å². The molecule has 0 radical (unpaired) electrons. The molecular formula is C19H22FN5OS. The molecule has 4 rings (SSSR count). The van der Waals surface area contributed by atoms with Gasteiger partial charge in [-0.05, 0) is 51.0 Å². The number of anilines is 1. The number of hydrogen-bond acceptors (Lipinski definition) is 5. The molecule has 2 aromatic heterocycles. The van der Waals surface area contributed by atoms with Crippen LogP contribution < -0.4 is 10.2 Å². The van der Waals surface area contributed by atoms with Crippen molar-refractivity contribution in [1.29, 1.82) is 0 Å². The molecule has 1 fully saturated rings. The fraction of sp³-hybridized carbons (Fsp3) is 0.421. The second-order valence-electron chi connectivity index (χ2n) is 7.17. The summed E-state index contributed by atoms with van der Waals surface area (Å²) in [6.07, 6.45) is 3.54. The van der Waals surface area contributed by atoms with E-state index in [1.54, 1.807) is 16.6 Å². The van der Waals surface area contributed by atoms with Gasteiger partial charge in [0.1, 0.15) is 5.82 Å². The van der Waals surface area contributed by atoms with E-state index in [0.717, 1.165) is 47.3 Å². The van der Waals surface area contributed by atoms with Crippen LogP contribution in [0.2, 0.25) is 0 Å². The minimum absolute atomic E-state index is 0.0813. The Morgan fingerprint density at radius 1 is 1.26 bits per heavy atom. The molecule has 0 bridgehead atoms. The minimum Gasteiger partial charge on any atom is -0.354 e. The Morgan fingerprint density at radius 2 is 1.96 bits per heavy atom. The maximum absolute atomic E-state index is 13.1. The molecular weight excluding hydrogens is 365 g/mol. The number of imidazole rings is 1. The summed E-state index contributed by atoms with van der Waals surface area (Å²) in [6, 6.07) is 6.48. The number of rotatable bonds is 4. The fourth-order valence-corrected chi connectivity index (χ4v) is 4.25. The summed E-state index contributed by atoms with van der Waals surface area (Å²) in [5, 5.41) is 8.57. The van der Waals surface area contributed by atoms with Crippen molar-refractivity contribution in [2.45, 2.75) is 32.7 Å². The third-order valence-corrected chi connectivity index (χ3v) is 5.72. The molecule has 3 aromatic rings. The number of benzene rings is 1. The number of carbonyl (C=O) groups excluding carboxylic acids is 1. The average molecular weight is 387 g/mol. The van der Waals surface area contributed by atoms with Gasteiger partial charge in [0, 0.05) is 30.6 Å². The predicted octanol–water partition coefficient (Wildman–Crippen LogP) is 3.34. The van der Waals surface area contributed by atoms with E-state index in [1.165, 1.54) is 23.5 Å². The molecule has 0 saturated carbocycles. The van der Waals surface area contributed by atoms with Crippen LogP contribution in [0.25, 0.3) is 16.2 Å². The summed E-state index contributed by atoms with van der Waals surface area (Å²) >= 11 is 1.53. The van der Waals surface area contributed by atoms with Gasteiger partial charge < -0.3 is 10.2 Å². The van der Waals surface area contributed by atoms with Gasteiger partial charge in [0.15, 0.2) is 0 Å². The molecule has 142 valence electrons. The van der Waals surface area contributed by atoms with E-state index in [4.69, 9.17) is 0 Å². The van der Waals surface area contributed by atoms with E-state index in [2.05, 4.69) is 20.3 Å². The molecule has 1 aromatic carbocycles. The molecule has 0 aliphatic carbocycles. The summed E-state index contributed by atoms with van der Waals surface area (Å²) in [7, 11) is 0. The maximum atomic E-state index is 13.1. The van der Waals surface area contributed by atoms with Gasteiger partial charge in [-0.25, -0.2) is 13.9 Å². The SMILES string of the molecule is CC(C)NC(=O)C1CCN(c2nn3cc(-c4ccc(F)cc4)nc3s2)CC1. The van der Waals surface area contributed by atoms with Crippen molar-refractivity contribution in [2.75, 3.05) is 18.0 Å². The van der Waals surface area contributed by atoms with Crippen LogP contribution in [0.5, 0.6) is 0 Å².